The van der Waals surface area contributed by atoms with Crippen LogP contribution in [0, 0.1) is 0 Å². The van der Waals surface area contributed by atoms with Gasteiger partial charge in [-0.25, -0.2) is 0 Å². The van der Waals surface area contributed by atoms with Crippen LogP contribution in [-0.4, -0.2) is 25.4 Å². The largest absolute Gasteiger partial charge is 0.354 e. The maximum atomic E-state index is 12.9. The van der Waals surface area contributed by atoms with Crippen LogP contribution in [0.4, 0.5) is 5.82 Å². The summed E-state index contributed by atoms with van der Waals surface area (Å²) >= 11 is 0. The molecule has 0 aliphatic carbocycles. The minimum absolute atomic E-state index is 0.179. The van der Waals surface area contributed by atoms with Gasteiger partial charge < -0.3 is 4.90 Å². The van der Waals surface area contributed by atoms with Crippen LogP contribution in [0.3, 0.4) is 0 Å². The lowest BCUT2D eigenvalue weighted by molar-refractivity contribution is 0.592. The van der Waals surface area contributed by atoms with Crippen molar-refractivity contribution in [3.63, 3.8) is 0 Å². The fourth-order valence-electron chi connectivity index (χ4n) is 3.14. The van der Waals surface area contributed by atoms with E-state index in [9.17, 15) is 8.42 Å². The minimum atomic E-state index is -3.78. The van der Waals surface area contributed by atoms with Crippen molar-refractivity contribution in [3.05, 3.63) is 103 Å². The first-order chi connectivity index (χ1) is 14.5. The maximum Gasteiger partial charge on any atom is 0.276 e. The second kappa shape index (κ2) is 8.42. The highest BCUT2D eigenvalue weighted by Crippen LogP contribution is 2.25. The highest BCUT2D eigenvalue weighted by atomic mass is 32.2. The van der Waals surface area contributed by atoms with Gasteiger partial charge in [-0.2, -0.15) is 18.0 Å². The Hall–Kier alpha value is -3.58. The zero-order valence-electron chi connectivity index (χ0n) is 16.5. The third-order valence-electron chi connectivity index (χ3n) is 4.68. The standard InChI is InChI=1S/C23H22N4O2S/c1-26(18-19-11-5-2-6-12-19)23-17-22(20-13-7-3-8-14-20)27(24-23)25-30(28,29)21-15-9-4-10-16-21/h2-17,25H,18H2,1H3. The van der Waals surface area contributed by atoms with E-state index in [2.05, 4.69) is 9.93 Å². The molecule has 0 spiro atoms. The molecule has 0 saturated heterocycles. The first-order valence-corrected chi connectivity index (χ1v) is 11.0. The van der Waals surface area contributed by atoms with Gasteiger partial charge in [-0.05, 0) is 17.7 Å². The van der Waals surface area contributed by atoms with Crippen LogP contribution in [0.2, 0.25) is 0 Å². The molecule has 0 aliphatic heterocycles. The summed E-state index contributed by atoms with van der Waals surface area (Å²) in [5, 5.41) is 4.55. The predicted molar refractivity (Wildman–Crippen MR) is 119 cm³/mol. The molecule has 152 valence electrons. The van der Waals surface area contributed by atoms with E-state index in [1.165, 1.54) is 4.79 Å². The van der Waals surface area contributed by atoms with Gasteiger partial charge in [0.05, 0.1) is 10.6 Å². The highest BCUT2D eigenvalue weighted by molar-refractivity contribution is 7.92. The first-order valence-electron chi connectivity index (χ1n) is 9.51. The smallest absolute Gasteiger partial charge is 0.276 e. The monoisotopic (exact) mass is 418 g/mol. The number of hydrogen-bond acceptors (Lipinski definition) is 4. The molecule has 4 aromatic rings. The Morgan fingerprint density at radius 3 is 2.07 bits per heavy atom. The van der Waals surface area contributed by atoms with Gasteiger partial charge >= 0.3 is 0 Å². The summed E-state index contributed by atoms with van der Waals surface area (Å²) in [5.74, 6) is 0.661. The van der Waals surface area contributed by atoms with Crippen molar-refractivity contribution in [2.75, 3.05) is 16.8 Å². The van der Waals surface area contributed by atoms with Crippen molar-refractivity contribution >= 4 is 15.8 Å². The molecule has 7 heteroatoms. The van der Waals surface area contributed by atoms with Crippen LogP contribution in [0.15, 0.2) is 102 Å². The topological polar surface area (TPSA) is 67.2 Å². The second-order valence-electron chi connectivity index (χ2n) is 6.92. The van der Waals surface area contributed by atoms with E-state index in [0.717, 1.165) is 11.1 Å². The number of nitrogens with one attached hydrogen (secondary N) is 1. The van der Waals surface area contributed by atoms with Gasteiger partial charge in [0.2, 0.25) is 0 Å². The summed E-state index contributed by atoms with van der Waals surface area (Å²) in [5.41, 5.74) is 2.66. The average Bonchev–Trinajstić information content (AvgIpc) is 3.19. The van der Waals surface area contributed by atoms with Gasteiger partial charge in [-0.1, -0.05) is 78.9 Å². The third-order valence-corrected chi connectivity index (χ3v) is 5.99. The molecule has 0 fully saturated rings. The fraction of sp³-hybridized carbons (Fsp3) is 0.0870. The van der Waals surface area contributed by atoms with Crippen molar-refractivity contribution < 1.29 is 8.42 Å². The predicted octanol–water partition coefficient (Wildman–Crippen LogP) is 4.12. The lowest BCUT2D eigenvalue weighted by Crippen LogP contribution is -2.25. The molecule has 3 aromatic carbocycles. The summed E-state index contributed by atoms with van der Waals surface area (Å²) in [7, 11) is -1.85. The molecule has 30 heavy (non-hydrogen) atoms. The number of rotatable bonds is 7. The van der Waals surface area contributed by atoms with Crippen LogP contribution in [0.5, 0.6) is 0 Å². The van der Waals surface area contributed by atoms with Crippen LogP contribution in [0.1, 0.15) is 5.56 Å². The van der Waals surface area contributed by atoms with E-state index in [0.29, 0.717) is 18.1 Å². The van der Waals surface area contributed by atoms with E-state index in [1.807, 2.05) is 78.7 Å². The van der Waals surface area contributed by atoms with Gasteiger partial charge in [-0.3, -0.25) is 0 Å². The van der Waals surface area contributed by atoms with Crippen molar-refractivity contribution in [2.24, 2.45) is 0 Å². The number of nitrogens with zero attached hydrogens (tertiary/aromatic N) is 3. The van der Waals surface area contributed by atoms with Gasteiger partial charge in [0.25, 0.3) is 10.0 Å². The van der Waals surface area contributed by atoms with Crippen LogP contribution >= 0.6 is 0 Å². The van der Waals surface area contributed by atoms with Gasteiger partial charge in [0.1, 0.15) is 0 Å². The number of sulfonamides is 1. The van der Waals surface area contributed by atoms with Gasteiger partial charge in [0.15, 0.2) is 5.82 Å². The third kappa shape index (κ3) is 4.36. The molecular formula is C23H22N4O2S. The van der Waals surface area contributed by atoms with Crippen LogP contribution in [-0.2, 0) is 16.6 Å². The Labute approximate surface area is 176 Å². The van der Waals surface area contributed by atoms with Crippen molar-refractivity contribution in [1.82, 2.24) is 9.89 Å². The summed E-state index contributed by atoms with van der Waals surface area (Å²) in [6.45, 7) is 0.650. The van der Waals surface area contributed by atoms with Crippen LogP contribution < -0.4 is 9.73 Å². The van der Waals surface area contributed by atoms with E-state index < -0.39 is 10.0 Å². The number of anilines is 1. The molecule has 4 rings (SSSR count). The van der Waals surface area contributed by atoms with Crippen LogP contribution in [0.25, 0.3) is 11.3 Å². The average molecular weight is 419 g/mol. The van der Waals surface area contributed by atoms with E-state index >= 15 is 0 Å². The van der Waals surface area contributed by atoms with Crippen molar-refractivity contribution in [2.45, 2.75) is 11.4 Å². The molecule has 1 aromatic heterocycles. The molecule has 0 amide bonds. The number of benzene rings is 3. The van der Waals surface area contributed by atoms with Crippen molar-refractivity contribution in [3.8, 4) is 11.3 Å². The number of aromatic nitrogens is 2. The fourth-order valence-corrected chi connectivity index (χ4v) is 4.13. The molecule has 0 bridgehead atoms. The molecule has 0 aliphatic rings. The van der Waals surface area contributed by atoms with E-state index in [1.54, 1.807) is 30.3 Å². The highest BCUT2D eigenvalue weighted by Gasteiger charge is 2.19. The van der Waals surface area contributed by atoms with Gasteiger partial charge in [0, 0.05) is 25.2 Å². The molecule has 0 saturated carbocycles. The Kier molecular flexibility index (Phi) is 5.54. The Morgan fingerprint density at radius 1 is 0.867 bits per heavy atom. The Morgan fingerprint density at radius 2 is 1.43 bits per heavy atom. The molecule has 0 atom stereocenters. The maximum absolute atomic E-state index is 12.9. The molecule has 1 heterocycles. The normalized spacial score (nSPS) is 11.2. The lowest BCUT2D eigenvalue weighted by atomic mass is 10.1. The summed E-state index contributed by atoms with van der Waals surface area (Å²) < 4.78 is 25.7. The molecular weight excluding hydrogens is 396 g/mol. The quantitative estimate of drug-likeness (QED) is 0.490. The summed E-state index contributed by atoms with van der Waals surface area (Å²) in [6.07, 6.45) is 0. The zero-order chi connectivity index (χ0) is 21.0. The summed E-state index contributed by atoms with van der Waals surface area (Å²) in [4.78, 5) is 6.08. The van der Waals surface area contributed by atoms with E-state index in [4.69, 9.17) is 0 Å². The summed E-state index contributed by atoms with van der Waals surface area (Å²) in [6, 6.07) is 29.8. The van der Waals surface area contributed by atoms with Gasteiger partial charge in [-0.15, -0.1) is 5.10 Å². The number of hydrogen-bond donors (Lipinski definition) is 1. The molecule has 0 radical (unpaired) electrons. The SMILES string of the molecule is CN(Cc1ccccc1)c1cc(-c2ccccc2)n(NS(=O)(=O)c2ccccc2)n1. The second-order valence-corrected chi connectivity index (χ2v) is 8.58. The lowest BCUT2D eigenvalue weighted by Gasteiger charge is -2.16. The molecule has 1 N–H and O–H groups in total. The first kappa shape index (κ1) is 19.7. The Balaban J connectivity index is 1.70. The molecule has 0 unspecified atom stereocenters. The van der Waals surface area contributed by atoms with E-state index in [-0.39, 0.29) is 4.90 Å². The van der Waals surface area contributed by atoms with Crippen molar-refractivity contribution in [1.29, 1.82) is 0 Å². The molecule has 6 nitrogen and oxygen atoms in total. The Bertz CT molecular complexity index is 1210. The zero-order valence-corrected chi connectivity index (χ0v) is 17.3. The minimum Gasteiger partial charge on any atom is -0.354 e.